The van der Waals surface area contributed by atoms with E-state index < -0.39 is 16.1 Å². The molecule has 0 unspecified atom stereocenters. The maximum atomic E-state index is 12.2. The monoisotopic (exact) mass is 463 g/mol. The summed E-state index contributed by atoms with van der Waals surface area (Å²) in [6, 6.07) is 7.54. The summed E-state index contributed by atoms with van der Waals surface area (Å²) in [6.07, 6.45) is 7.28. The van der Waals surface area contributed by atoms with Crippen LogP contribution in [0.2, 0.25) is 5.02 Å². The van der Waals surface area contributed by atoms with Crippen molar-refractivity contribution >= 4 is 44.7 Å². The van der Waals surface area contributed by atoms with Crippen LogP contribution in [0.25, 0.3) is 22.8 Å². The molecule has 1 aromatic carbocycles. The highest BCUT2D eigenvalue weighted by atomic mass is 35.5. The van der Waals surface area contributed by atoms with Crippen LogP contribution < -0.4 is 9.44 Å². The predicted molar refractivity (Wildman–Crippen MR) is 123 cm³/mol. The molecule has 3 aromatic rings. The van der Waals surface area contributed by atoms with Gasteiger partial charge in [-0.2, -0.15) is 18.2 Å². The second-order valence-electron chi connectivity index (χ2n) is 7.24. The summed E-state index contributed by atoms with van der Waals surface area (Å²) in [4.78, 5) is 12.2. The summed E-state index contributed by atoms with van der Waals surface area (Å²) in [5.41, 5.74) is 2.35. The number of unbranched alkanes of at least 4 members (excludes halogenated alkanes) is 2. The molecule has 8 nitrogen and oxygen atoms in total. The first-order valence-electron chi connectivity index (χ1n) is 10.0. The Balaban J connectivity index is 1.82. The molecule has 0 aliphatic carbocycles. The molecule has 2 heterocycles. The highest BCUT2D eigenvalue weighted by Crippen LogP contribution is 2.27. The van der Waals surface area contributed by atoms with Crippen LogP contribution in [-0.4, -0.2) is 35.2 Å². The van der Waals surface area contributed by atoms with Crippen molar-refractivity contribution in [2.24, 2.45) is 7.05 Å². The molecule has 31 heavy (non-hydrogen) atoms. The summed E-state index contributed by atoms with van der Waals surface area (Å²) < 4.78 is 32.1. The molecule has 2 N–H and O–H groups in total. The third kappa shape index (κ3) is 5.55. The summed E-state index contributed by atoms with van der Waals surface area (Å²) in [6.45, 7) is 4.15. The maximum absolute atomic E-state index is 12.2. The number of aryl methyl sites for hydroxylation is 2. The van der Waals surface area contributed by atoms with E-state index in [-0.39, 0.29) is 6.54 Å². The molecule has 0 aliphatic rings. The van der Waals surface area contributed by atoms with E-state index in [1.165, 1.54) is 6.08 Å². The third-order valence-electron chi connectivity index (χ3n) is 4.83. The number of amides is 1. The fourth-order valence-corrected chi connectivity index (χ4v) is 4.38. The fraction of sp³-hybridized carbons (Fsp3) is 0.333. The topological polar surface area (TPSA) is 98.0 Å². The molecule has 0 saturated heterocycles. The first kappa shape index (κ1) is 23.1. The van der Waals surface area contributed by atoms with Gasteiger partial charge in [0.05, 0.1) is 11.2 Å². The quantitative estimate of drug-likeness (QED) is 0.375. The van der Waals surface area contributed by atoms with Crippen LogP contribution in [-0.2, 0) is 22.1 Å². The Morgan fingerprint density at radius 3 is 2.77 bits per heavy atom. The van der Waals surface area contributed by atoms with Crippen molar-refractivity contribution in [3.63, 3.8) is 0 Å². The van der Waals surface area contributed by atoms with Crippen molar-refractivity contribution in [1.82, 2.24) is 23.8 Å². The van der Waals surface area contributed by atoms with Crippen LogP contribution >= 0.6 is 11.6 Å². The molecule has 0 spiro atoms. The van der Waals surface area contributed by atoms with Gasteiger partial charge in [0.1, 0.15) is 5.82 Å². The van der Waals surface area contributed by atoms with E-state index in [0.29, 0.717) is 16.3 Å². The molecular formula is C21H26ClN5O3S. The van der Waals surface area contributed by atoms with Crippen LogP contribution in [0.4, 0.5) is 0 Å². The largest absolute Gasteiger partial charge is 0.301 e. The molecule has 0 saturated carbocycles. The van der Waals surface area contributed by atoms with Gasteiger partial charge in [0.2, 0.25) is 0 Å². The van der Waals surface area contributed by atoms with Crippen LogP contribution in [0, 0.1) is 6.92 Å². The average molecular weight is 464 g/mol. The first-order chi connectivity index (χ1) is 14.7. The van der Waals surface area contributed by atoms with Crippen molar-refractivity contribution in [2.75, 3.05) is 6.54 Å². The Morgan fingerprint density at radius 1 is 1.26 bits per heavy atom. The molecule has 0 bridgehead atoms. The molecule has 166 valence electrons. The Labute approximate surface area is 187 Å². The van der Waals surface area contributed by atoms with Gasteiger partial charge in [0.15, 0.2) is 0 Å². The Hall–Kier alpha value is -2.62. The normalized spacial score (nSPS) is 12.1. The van der Waals surface area contributed by atoms with Gasteiger partial charge in [-0.3, -0.25) is 9.48 Å². The minimum atomic E-state index is -3.90. The standard InChI is InChI=1S/C21H26ClN5O3S/c1-4-5-6-12-23-31(29,30)25-20(28)10-8-18-15(2)24-26(3)21(18)27-13-11-16-14-17(22)7-9-19(16)27/h7-11,13-14,23H,4-6,12H2,1-3H3,(H,25,28). The van der Waals surface area contributed by atoms with Crippen LogP contribution in [0.5, 0.6) is 0 Å². The van der Waals surface area contributed by atoms with Crippen molar-refractivity contribution in [3.8, 4) is 5.82 Å². The lowest BCUT2D eigenvalue weighted by molar-refractivity contribution is -0.114. The van der Waals surface area contributed by atoms with Crippen LogP contribution in [0.3, 0.4) is 0 Å². The van der Waals surface area contributed by atoms with Gasteiger partial charge in [-0.25, -0.2) is 4.72 Å². The zero-order valence-corrected chi connectivity index (χ0v) is 19.3. The molecule has 0 radical (unpaired) electrons. The number of carbonyl (C=O) groups excluding carboxylic acids is 1. The Bertz CT molecular complexity index is 1230. The fourth-order valence-electron chi connectivity index (χ4n) is 3.38. The smallest absolute Gasteiger partial charge is 0.301 e. The van der Waals surface area contributed by atoms with Gasteiger partial charge >= 0.3 is 10.2 Å². The van der Waals surface area contributed by atoms with E-state index >= 15 is 0 Å². The van der Waals surface area contributed by atoms with Crippen LogP contribution in [0.15, 0.2) is 36.5 Å². The number of hydrogen-bond acceptors (Lipinski definition) is 4. The molecule has 0 aliphatic heterocycles. The molecule has 3 rings (SSSR count). The van der Waals surface area contributed by atoms with E-state index in [4.69, 9.17) is 11.6 Å². The molecule has 1 amide bonds. The number of fused-ring (bicyclic) bond motifs is 1. The number of nitrogens with zero attached hydrogens (tertiary/aromatic N) is 3. The van der Waals surface area contributed by atoms with E-state index in [9.17, 15) is 13.2 Å². The van der Waals surface area contributed by atoms with Gasteiger partial charge < -0.3 is 4.57 Å². The summed E-state index contributed by atoms with van der Waals surface area (Å²) in [5.74, 6) is 0.0146. The summed E-state index contributed by atoms with van der Waals surface area (Å²) in [7, 11) is -2.08. The first-order valence-corrected chi connectivity index (χ1v) is 11.9. The van der Waals surface area contributed by atoms with Crippen molar-refractivity contribution < 1.29 is 13.2 Å². The number of rotatable bonds is 9. The number of carbonyl (C=O) groups is 1. The lowest BCUT2D eigenvalue weighted by Gasteiger charge is -2.08. The highest BCUT2D eigenvalue weighted by molar-refractivity contribution is 7.88. The van der Waals surface area contributed by atoms with Gasteiger partial charge in [-0.1, -0.05) is 31.4 Å². The lowest BCUT2D eigenvalue weighted by Crippen LogP contribution is -2.39. The van der Waals surface area contributed by atoms with Crippen molar-refractivity contribution in [3.05, 3.63) is 52.8 Å². The minimum Gasteiger partial charge on any atom is -0.301 e. The number of benzene rings is 1. The summed E-state index contributed by atoms with van der Waals surface area (Å²) in [5, 5.41) is 6.08. The number of halogens is 1. The molecule has 0 fully saturated rings. The van der Waals surface area contributed by atoms with E-state index in [1.54, 1.807) is 10.8 Å². The zero-order valence-electron chi connectivity index (χ0n) is 17.7. The van der Waals surface area contributed by atoms with E-state index in [1.807, 2.05) is 60.6 Å². The number of hydrogen-bond donors (Lipinski definition) is 2. The SMILES string of the molecule is CCCCCNS(=O)(=O)NC(=O)C=Cc1c(C)nn(C)c1-n1ccc2cc(Cl)ccc21. The van der Waals surface area contributed by atoms with Gasteiger partial charge in [-0.05, 0) is 43.7 Å². The maximum Gasteiger partial charge on any atom is 0.301 e. The molecule has 2 aromatic heterocycles. The Morgan fingerprint density at radius 2 is 2.03 bits per heavy atom. The van der Waals surface area contributed by atoms with Crippen molar-refractivity contribution in [1.29, 1.82) is 0 Å². The van der Waals surface area contributed by atoms with Gasteiger partial charge in [0, 0.05) is 41.8 Å². The lowest BCUT2D eigenvalue weighted by atomic mass is 10.2. The second-order valence-corrected chi connectivity index (χ2v) is 9.18. The zero-order chi connectivity index (χ0) is 22.6. The van der Waals surface area contributed by atoms with Gasteiger partial charge in [-0.15, -0.1) is 0 Å². The van der Waals surface area contributed by atoms with E-state index in [0.717, 1.165) is 36.0 Å². The second kappa shape index (κ2) is 9.67. The van der Waals surface area contributed by atoms with E-state index in [2.05, 4.69) is 9.82 Å². The summed E-state index contributed by atoms with van der Waals surface area (Å²) >= 11 is 6.09. The third-order valence-corrected chi connectivity index (χ3v) is 6.12. The Kier molecular flexibility index (Phi) is 7.19. The predicted octanol–water partition coefficient (Wildman–Crippen LogP) is 3.48. The average Bonchev–Trinajstić information content (AvgIpc) is 3.22. The van der Waals surface area contributed by atoms with Crippen LogP contribution in [0.1, 0.15) is 37.4 Å². The molecular weight excluding hydrogens is 438 g/mol. The molecule has 10 heteroatoms. The highest BCUT2D eigenvalue weighted by Gasteiger charge is 2.16. The van der Waals surface area contributed by atoms with Crippen molar-refractivity contribution in [2.45, 2.75) is 33.1 Å². The number of aromatic nitrogens is 3. The number of nitrogens with one attached hydrogen (secondary N) is 2. The van der Waals surface area contributed by atoms with Gasteiger partial charge in [0.25, 0.3) is 5.91 Å². The minimum absolute atomic E-state index is 0.288. The molecule has 0 atom stereocenters.